The number of carbonyl (C=O) groups is 1. The van der Waals surface area contributed by atoms with E-state index >= 15 is 0 Å². The maximum absolute atomic E-state index is 13.7. The number of thioether (sulfide) groups is 1. The molecular weight excluding hydrogens is 373 g/mol. The summed E-state index contributed by atoms with van der Waals surface area (Å²) in [7, 11) is -4.02. The lowest BCUT2D eigenvalue weighted by Crippen LogP contribution is -2.35. The zero-order valence-corrected chi connectivity index (χ0v) is 14.7. The molecule has 0 saturated carbocycles. The SMILES string of the molecule is O=C(NS(=O)(=O)Cc1cc(Cl)ccc1F)C1CSc2ccccc21. The number of nitrogens with one attached hydrogen (secondary N) is 1. The molecule has 0 saturated heterocycles. The Balaban J connectivity index is 1.75. The molecule has 1 atom stereocenters. The first-order valence-electron chi connectivity index (χ1n) is 7.06. The van der Waals surface area contributed by atoms with Gasteiger partial charge in [0.2, 0.25) is 15.9 Å². The quantitative estimate of drug-likeness (QED) is 0.877. The Bertz CT molecular complexity index is 902. The van der Waals surface area contributed by atoms with Crippen molar-refractivity contribution in [2.45, 2.75) is 16.6 Å². The van der Waals surface area contributed by atoms with Gasteiger partial charge in [0.15, 0.2) is 0 Å². The van der Waals surface area contributed by atoms with E-state index < -0.39 is 33.4 Å². The van der Waals surface area contributed by atoms with Gasteiger partial charge in [-0.05, 0) is 29.8 Å². The molecule has 0 fully saturated rings. The Morgan fingerprint density at radius 3 is 2.83 bits per heavy atom. The van der Waals surface area contributed by atoms with Gasteiger partial charge in [0.05, 0.1) is 11.7 Å². The molecule has 1 aliphatic rings. The van der Waals surface area contributed by atoms with Crippen molar-refractivity contribution in [3.8, 4) is 0 Å². The van der Waals surface area contributed by atoms with Gasteiger partial charge in [-0.25, -0.2) is 12.8 Å². The van der Waals surface area contributed by atoms with Crippen LogP contribution in [0.1, 0.15) is 17.0 Å². The highest BCUT2D eigenvalue weighted by molar-refractivity contribution is 7.99. The van der Waals surface area contributed by atoms with Crippen LogP contribution in [0, 0.1) is 5.82 Å². The molecule has 8 heteroatoms. The van der Waals surface area contributed by atoms with Crippen LogP contribution >= 0.6 is 23.4 Å². The molecule has 3 rings (SSSR count). The number of rotatable bonds is 4. The van der Waals surface area contributed by atoms with Crippen molar-refractivity contribution < 1.29 is 17.6 Å². The third-order valence-corrected chi connectivity index (χ3v) is 6.25. The van der Waals surface area contributed by atoms with Crippen molar-refractivity contribution >= 4 is 39.3 Å². The fourth-order valence-corrected chi connectivity index (χ4v) is 5.07. The van der Waals surface area contributed by atoms with Gasteiger partial charge in [-0.2, -0.15) is 0 Å². The van der Waals surface area contributed by atoms with Gasteiger partial charge >= 0.3 is 0 Å². The summed E-state index contributed by atoms with van der Waals surface area (Å²) in [4.78, 5) is 13.3. The molecule has 126 valence electrons. The Morgan fingerprint density at radius 2 is 2.04 bits per heavy atom. The predicted octanol–water partition coefficient (Wildman–Crippen LogP) is 3.31. The lowest BCUT2D eigenvalue weighted by molar-refractivity contribution is -0.120. The van der Waals surface area contributed by atoms with Crippen molar-refractivity contribution in [1.29, 1.82) is 0 Å². The molecule has 0 aliphatic carbocycles. The summed E-state index contributed by atoms with van der Waals surface area (Å²) in [6, 6.07) is 11.0. The van der Waals surface area contributed by atoms with E-state index in [1.54, 1.807) is 6.07 Å². The molecule has 2 aromatic carbocycles. The minimum absolute atomic E-state index is 0.0796. The van der Waals surface area contributed by atoms with Crippen molar-refractivity contribution in [2.75, 3.05) is 5.75 Å². The smallest absolute Gasteiger partial charge is 0.241 e. The van der Waals surface area contributed by atoms with Crippen LogP contribution in [-0.2, 0) is 20.6 Å². The van der Waals surface area contributed by atoms with E-state index in [0.717, 1.165) is 16.5 Å². The average Bonchev–Trinajstić information content (AvgIpc) is 2.94. The standard InChI is InChI=1S/C16H13ClFNO3S2/c17-11-5-6-14(18)10(7-11)9-24(21,22)19-16(20)13-8-23-15-4-2-1-3-12(13)15/h1-7,13H,8-9H2,(H,19,20). The fraction of sp³-hybridized carbons (Fsp3) is 0.188. The summed E-state index contributed by atoms with van der Waals surface area (Å²) in [5.41, 5.74) is 0.730. The highest BCUT2D eigenvalue weighted by Crippen LogP contribution is 2.39. The minimum Gasteiger partial charge on any atom is -0.273 e. The van der Waals surface area contributed by atoms with Crippen molar-refractivity contribution in [2.24, 2.45) is 0 Å². The molecule has 0 aromatic heterocycles. The number of halogens is 2. The zero-order chi connectivity index (χ0) is 17.3. The van der Waals surface area contributed by atoms with Gasteiger partial charge in [-0.3, -0.25) is 9.52 Å². The molecule has 4 nitrogen and oxygen atoms in total. The second kappa shape index (κ2) is 6.74. The van der Waals surface area contributed by atoms with Gasteiger partial charge in [-0.15, -0.1) is 11.8 Å². The normalized spacial score (nSPS) is 16.7. The van der Waals surface area contributed by atoms with E-state index in [4.69, 9.17) is 11.6 Å². The molecule has 1 unspecified atom stereocenters. The van der Waals surface area contributed by atoms with Gasteiger partial charge in [0.25, 0.3) is 0 Å². The molecule has 0 bridgehead atoms. The molecule has 2 aromatic rings. The van der Waals surface area contributed by atoms with Crippen LogP contribution in [0.3, 0.4) is 0 Å². The molecule has 1 aliphatic heterocycles. The Morgan fingerprint density at radius 1 is 1.29 bits per heavy atom. The van der Waals surface area contributed by atoms with Gasteiger partial charge in [0.1, 0.15) is 5.82 Å². The second-order valence-electron chi connectivity index (χ2n) is 5.36. The Kier molecular flexibility index (Phi) is 4.85. The Hall–Kier alpha value is -1.57. The van der Waals surface area contributed by atoms with E-state index in [1.165, 1.54) is 23.9 Å². The number of hydrogen-bond donors (Lipinski definition) is 1. The fourth-order valence-electron chi connectivity index (χ4n) is 2.50. The first kappa shape index (κ1) is 17.3. The van der Waals surface area contributed by atoms with Crippen LogP contribution in [0.2, 0.25) is 5.02 Å². The predicted molar refractivity (Wildman–Crippen MR) is 92.1 cm³/mol. The van der Waals surface area contributed by atoms with Crippen molar-refractivity contribution in [3.63, 3.8) is 0 Å². The molecule has 0 spiro atoms. The number of fused-ring (bicyclic) bond motifs is 1. The topological polar surface area (TPSA) is 63.2 Å². The third-order valence-electron chi connectivity index (χ3n) is 3.63. The maximum atomic E-state index is 13.7. The van der Waals surface area contributed by atoms with E-state index in [-0.39, 0.29) is 10.6 Å². The highest BCUT2D eigenvalue weighted by atomic mass is 35.5. The molecular formula is C16H13ClFNO3S2. The van der Waals surface area contributed by atoms with E-state index in [0.29, 0.717) is 5.75 Å². The first-order chi connectivity index (χ1) is 11.4. The van der Waals surface area contributed by atoms with Crippen LogP contribution in [0.15, 0.2) is 47.4 Å². The molecule has 24 heavy (non-hydrogen) atoms. The summed E-state index contributed by atoms with van der Waals surface area (Å²) in [5, 5.41) is 0.231. The van der Waals surface area contributed by atoms with Gasteiger partial charge in [0, 0.05) is 21.2 Å². The second-order valence-corrected chi connectivity index (χ2v) is 8.58. The molecule has 0 radical (unpaired) electrons. The summed E-state index contributed by atoms with van der Waals surface area (Å²) in [6.45, 7) is 0. The highest BCUT2D eigenvalue weighted by Gasteiger charge is 2.31. The van der Waals surface area contributed by atoms with Crippen LogP contribution in [-0.4, -0.2) is 20.1 Å². The number of benzene rings is 2. The monoisotopic (exact) mass is 385 g/mol. The molecule has 1 amide bonds. The lowest BCUT2D eigenvalue weighted by Gasteiger charge is -2.12. The third kappa shape index (κ3) is 3.74. The zero-order valence-electron chi connectivity index (χ0n) is 12.3. The number of sulfonamides is 1. The van der Waals surface area contributed by atoms with Crippen LogP contribution in [0.25, 0.3) is 0 Å². The van der Waals surface area contributed by atoms with E-state index in [2.05, 4.69) is 0 Å². The maximum Gasteiger partial charge on any atom is 0.241 e. The summed E-state index contributed by atoms with van der Waals surface area (Å²) in [5.74, 6) is -1.99. The Labute approximate surface area is 148 Å². The largest absolute Gasteiger partial charge is 0.273 e. The van der Waals surface area contributed by atoms with Crippen LogP contribution in [0.4, 0.5) is 4.39 Å². The molecule has 1 heterocycles. The minimum atomic E-state index is -4.02. The van der Waals surface area contributed by atoms with Crippen molar-refractivity contribution in [3.05, 3.63) is 64.4 Å². The van der Waals surface area contributed by atoms with E-state index in [9.17, 15) is 17.6 Å². The number of hydrogen-bond acceptors (Lipinski definition) is 4. The lowest BCUT2D eigenvalue weighted by atomic mass is 10.0. The van der Waals surface area contributed by atoms with Crippen LogP contribution < -0.4 is 4.72 Å². The van der Waals surface area contributed by atoms with Crippen LogP contribution in [0.5, 0.6) is 0 Å². The first-order valence-corrected chi connectivity index (χ1v) is 10.1. The van der Waals surface area contributed by atoms with Gasteiger partial charge in [-0.1, -0.05) is 29.8 Å². The van der Waals surface area contributed by atoms with E-state index in [1.807, 2.05) is 22.9 Å². The summed E-state index contributed by atoms with van der Waals surface area (Å²) < 4.78 is 40.1. The summed E-state index contributed by atoms with van der Waals surface area (Å²) >= 11 is 7.27. The van der Waals surface area contributed by atoms with Gasteiger partial charge < -0.3 is 0 Å². The average molecular weight is 386 g/mol. The number of amides is 1. The summed E-state index contributed by atoms with van der Waals surface area (Å²) in [6.07, 6.45) is 0. The van der Waals surface area contributed by atoms with Crippen molar-refractivity contribution in [1.82, 2.24) is 4.72 Å². The number of carbonyl (C=O) groups excluding carboxylic acids is 1. The molecule has 1 N–H and O–H groups in total.